The lowest BCUT2D eigenvalue weighted by atomic mass is 10.0. The van der Waals surface area contributed by atoms with E-state index in [-0.39, 0.29) is 23.4 Å². The van der Waals surface area contributed by atoms with Crippen LogP contribution in [0.2, 0.25) is 0 Å². The predicted octanol–water partition coefficient (Wildman–Crippen LogP) is 4.63. The summed E-state index contributed by atoms with van der Waals surface area (Å²) in [6, 6.07) is 4.92. The lowest BCUT2D eigenvalue weighted by Gasteiger charge is -2.13. The number of aromatic hydroxyl groups is 1. The van der Waals surface area contributed by atoms with Crippen molar-refractivity contribution >= 4 is 12.6 Å². The molecular formula is C16H12F3NOS. The molecule has 2 aliphatic carbocycles. The quantitative estimate of drug-likeness (QED) is 0.580. The van der Waals surface area contributed by atoms with Crippen LogP contribution in [-0.2, 0) is 6.18 Å². The van der Waals surface area contributed by atoms with E-state index in [2.05, 4.69) is 18.7 Å². The van der Waals surface area contributed by atoms with Crippen molar-refractivity contribution in [3.05, 3.63) is 53.1 Å². The number of halogens is 3. The van der Waals surface area contributed by atoms with E-state index in [1.807, 2.05) is 6.08 Å². The smallest absolute Gasteiger partial charge is 0.416 e. The Morgan fingerprint density at radius 2 is 1.82 bits per heavy atom. The summed E-state index contributed by atoms with van der Waals surface area (Å²) in [5.41, 5.74) is 1.26. The predicted molar refractivity (Wildman–Crippen MR) is 78.9 cm³/mol. The van der Waals surface area contributed by atoms with Crippen LogP contribution < -0.4 is 0 Å². The Bertz CT molecular complexity index is 771. The van der Waals surface area contributed by atoms with Gasteiger partial charge in [0.05, 0.1) is 16.3 Å². The van der Waals surface area contributed by atoms with Crippen molar-refractivity contribution in [3.63, 3.8) is 0 Å². The molecule has 1 aromatic heterocycles. The molecular weight excluding hydrogens is 311 g/mol. The molecule has 2 atom stereocenters. The maximum atomic E-state index is 12.9. The molecule has 0 radical (unpaired) electrons. The number of hydrogen-bond acceptors (Lipinski definition) is 2. The second-order valence-electron chi connectivity index (χ2n) is 5.69. The van der Waals surface area contributed by atoms with E-state index in [1.165, 1.54) is 10.6 Å². The molecule has 0 saturated heterocycles. The van der Waals surface area contributed by atoms with E-state index in [9.17, 15) is 18.3 Å². The van der Waals surface area contributed by atoms with E-state index in [0.717, 1.165) is 29.7 Å². The summed E-state index contributed by atoms with van der Waals surface area (Å²) < 4.78 is 40.0. The number of nitrogens with zero attached hydrogens (tertiary/aromatic N) is 1. The molecule has 2 nitrogen and oxygen atoms in total. The van der Waals surface area contributed by atoms with Crippen LogP contribution in [0.3, 0.4) is 0 Å². The topological polar surface area (TPSA) is 25.2 Å². The van der Waals surface area contributed by atoms with Gasteiger partial charge in [0, 0.05) is 17.4 Å². The van der Waals surface area contributed by atoms with Gasteiger partial charge in [-0.15, -0.1) is 12.6 Å². The second kappa shape index (κ2) is 4.35. The van der Waals surface area contributed by atoms with E-state index in [1.54, 1.807) is 6.07 Å². The van der Waals surface area contributed by atoms with Gasteiger partial charge in [0.1, 0.15) is 0 Å². The summed E-state index contributed by atoms with van der Waals surface area (Å²) in [5, 5.41) is 11.0. The molecule has 0 saturated carbocycles. The van der Waals surface area contributed by atoms with Crippen LogP contribution in [0.15, 0.2) is 41.4 Å². The Labute approximate surface area is 130 Å². The molecule has 0 amide bonds. The van der Waals surface area contributed by atoms with Crippen molar-refractivity contribution in [1.29, 1.82) is 0 Å². The van der Waals surface area contributed by atoms with Gasteiger partial charge in [0.15, 0.2) is 0 Å². The van der Waals surface area contributed by atoms with E-state index >= 15 is 0 Å². The van der Waals surface area contributed by atoms with Crippen molar-refractivity contribution in [2.45, 2.75) is 29.5 Å². The van der Waals surface area contributed by atoms with Gasteiger partial charge in [-0.2, -0.15) is 13.2 Å². The molecule has 1 heterocycles. The number of benzene rings is 1. The van der Waals surface area contributed by atoms with Crippen molar-refractivity contribution in [2.75, 3.05) is 0 Å². The third-order valence-electron chi connectivity index (χ3n) is 4.45. The summed E-state index contributed by atoms with van der Waals surface area (Å²) in [6.45, 7) is 0. The minimum atomic E-state index is -4.42. The molecule has 0 spiro atoms. The first-order valence-corrected chi connectivity index (χ1v) is 7.35. The molecule has 1 aromatic carbocycles. The largest absolute Gasteiger partial charge is 0.494 e. The third kappa shape index (κ3) is 1.76. The van der Waals surface area contributed by atoms with Gasteiger partial charge in [-0.05, 0) is 30.2 Å². The minimum Gasteiger partial charge on any atom is -0.494 e. The number of fused-ring (bicyclic) bond motifs is 5. The number of aromatic nitrogens is 1. The lowest BCUT2D eigenvalue weighted by Crippen LogP contribution is -2.06. The van der Waals surface area contributed by atoms with Gasteiger partial charge in [0.25, 0.3) is 0 Å². The maximum absolute atomic E-state index is 12.9. The average Bonchev–Trinajstić information content (AvgIpc) is 3.12. The summed E-state index contributed by atoms with van der Waals surface area (Å²) in [6.07, 6.45) is 0.604. The molecule has 1 N–H and O–H groups in total. The van der Waals surface area contributed by atoms with E-state index in [4.69, 9.17) is 0 Å². The highest BCUT2D eigenvalue weighted by Gasteiger charge is 2.40. The van der Waals surface area contributed by atoms with Crippen LogP contribution in [0.1, 0.15) is 34.9 Å². The van der Waals surface area contributed by atoms with Gasteiger partial charge in [-0.3, -0.25) is 4.57 Å². The SMILES string of the molecule is Oc1c2c(c(S)n1-c1cccc(C(F)(F)F)c1)C1C=CC2C1. The Morgan fingerprint density at radius 3 is 2.45 bits per heavy atom. The van der Waals surface area contributed by atoms with Gasteiger partial charge in [-0.25, -0.2) is 0 Å². The zero-order chi connectivity index (χ0) is 15.6. The van der Waals surface area contributed by atoms with E-state index in [0.29, 0.717) is 5.03 Å². The molecule has 6 heteroatoms. The number of thiol groups is 1. The Kier molecular flexibility index (Phi) is 2.73. The van der Waals surface area contributed by atoms with Gasteiger partial charge in [0.2, 0.25) is 5.88 Å². The maximum Gasteiger partial charge on any atom is 0.416 e. The fourth-order valence-corrected chi connectivity index (χ4v) is 4.00. The summed E-state index contributed by atoms with van der Waals surface area (Å²) in [5.74, 6) is 0.333. The highest BCUT2D eigenvalue weighted by molar-refractivity contribution is 7.80. The Morgan fingerprint density at radius 1 is 1.14 bits per heavy atom. The summed E-state index contributed by atoms with van der Waals surface area (Å²) in [4.78, 5) is 0. The first kappa shape index (κ1) is 13.8. The molecule has 2 aliphatic rings. The van der Waals surface area contributed by atoms with Crippen molar-refractivity contribution in [3.8, 4) is 11.6 Å². The van der Waals surface area contributed by atoms with Crippen LogP contribution in [0.4, 0.5) is 13.2 Å². The number of rotatable bonds is 1. The Hall–Kier alpha value is -1.82. The molecule has 2 aromatic rings. The molecule has 0 fully saturated rings. The van der Waals surface area contributed by atoms with Crippen molar-refractivity contribution in [1.82, 2.24) is 4.57 Å². The van der Waals surface area contributed by atoms with Gasteiger partial charge < -0.3 is 5.11 Å². The lowest BCUT2D eigenvalue weighted by molar-refractivity contribution is -0.137. The molecule has 114 valence electrons. The van der Waals surface area contributed by atoms with Gasteiger partial charge in [-0.1, -0.05) is 18.2 Å². The van der Waals surface area contributed by atoms with Crippen LogP contribution >= 0.6 is 12.6 Å². The third-order valence-corrected chi connectivity index (χ3v) is 4.89. The monoisotopic (exact) mass is 323 g/mol. The highest BCUT2D eigenvalue weighted by Crippen LogP contribution is 2.55. The first-order valence-electron chi connectivity index (χ1n) is 6.90. The number of allylic oxidation sites excluding steroid dienone is 2. The zero-order valence-electron chi connectivity index (χ0n) is 11.3. The fourth-order valence-electron chi connectivity index (χ4n) is 3.51. The Balaban J connectivity index is 1.89. The molecule has 0 aliphatic heterocycles. The summed E-state index contributed by atoms with van der Waals surface area (Å²) in [7, 11) is 0. The highest BCUT2D eigenvalue weighted by atomic mass is 32.1. The zero-order valence-corrected chi connectivity index (χ0v) is 12.2. The van der Waals surface area contributed by atoms with Crippen molar-refractivity contribution in [2.24, 2.45) is 0 Å². The number of alkyl halides is 3. The molecule has 2 bridgehead atoms. The van der Waals surface area contributed by atoms with E-state index < -0.39 is 11.7 Å². The normalized spacial score (nSPS) is 22.4. The van der Waals surface area contributed by atoms with Gasteiger partial charge >= 0.3 is 6.18 Å². The number of hydrogen-bond donors (Lipinski definition) is 2. The molecule has 4 rings (SSSR count). The van der Waals surface area contributed by atoms with Crippen LogP contribution in [0, 0.1) is 0 Å². The summed E-state index contributed by atoms with van der Waals surface area (Å²) >= 11 is 4.46. The minimum absolute atomic E-state index is 0.00354. The first-order chi connectivity index (χ1) is 10.4. The molecule has 2 unspecified atom stereocenters. The van der Waals surface area contributed by atoms with Crippen LogP contribution in [0.25, 0.3) is 5.69 Å². The van der Waals surface area contributed by atoms with Crippen molar-refractivity contribution < 1.29 is 18.3 Å². The second-order valence-corrected chi connectivity index (χ2v) is 6.12. The fraction of sp³-hybridized carbons (Fsp3) is 0.250. The molecule has 22 heavy (non-hydrogen) atoms. The average molecular weight is 323 g/mol. The van der Waals surface area contributed by atoms with Crippen LogP contribution in [0.5, 0.6) is 5.88 Å². The van der Waals surface area contributed by atoms with Crippen LogP contribution in [-0.4, -0.2) is 9.67 Å². The standard InChI is InChI=1S/C16H12F3NOS/c17-16(18,19)10-2-1-3-11(7-10)20-14(21)12-8-4-5-9(6-8)13(12)15(20)22/h1-5,7-9,21-22H,6H2.